The van der Waals surface area contributed by atoms with Crippen molar-refractivity contribution in [3.05, 3.63) is 0 Å². The standard InChI is InChI=1S/C17H31NO3/c1-12(2)13-8-6-7-9-14(13)18-15(19)10-11-16(20)21-17(3,4)5/h12-14H,6-11H2,1-5H3,(H,18,19). The van der Waals surface area contributed by atoms with Gasteiger partial charge >= 0.3 is 5.97 Å². The Bertz CT molecular complexity index is 358. The van der Waals surface area contributed by atoms with Gasteiger partial charge in [-0.2, -0.15) is 0 Å². The highest BCUT2D eigenvalue weighted by Gasteiger charge is 2.28. The van der Waals surface area contributed by atoms with Gasteiger partial charge in [-0.15, -0.1) is 0 Å². The summed E-state index contributed by atoms with van der Waals surface area (Å²) >= 11 is 0. The average molecular weight is 297 g/mol. The number of amides is 1. The second-order valence-corrected chi connectivity index (χ2v) is 7.45. The molecular formula is C17H31NO3. The van der Waals surface area contributed by atoms with Gasteiger partial charge in [0.05, 0.1) is 6.42 Å². The molecule has 0 aromatic rings. The zero-order valence-electron chi connectivity index (χ0n) is 14.2. The SMILES string of the molecule is CC(C)C1CCCCC1NC(=O)CCC(=O)OC(C)(C)C. The van der Waals surface area contributed by atoms with E-state index in [0.29, 0.717) is 11.8 Å². The molecule has 0 heterocycles. The van der Waals surface area contributed by atoms with E-state index in [2.05, 4.69) is 19.2 Å². The van der Waals surface area contributed by atoms with Gasteiger partial charge < -0.3 is 10.1 Å². The van der Waals surface area contributed by atoms with Crippen molar-refractivity contribution >= 4 is 11.9 Å². The molecular weight excluding hydrogens is 266 g/mol. The lowest BCUT2D eigenvalue weighted by Gasteiger charge is -2.34. The molecule has 2 atom stereocenters. The lowest BCUT2D eigenvalue weighted by molar-refractivity contribution is -0.155. The summed E-state index contributed by atoms with van der Waals surface area (Å²) in [6.07, 6.45) is 5.06. The summed E-state index contributed by atoms with van der Waals surface area (Å²) in [4.78, 5) is 23.7. The largest absolute Gasteiger partial charge is 0.460 e. The number of carbonyl (C=O) groups is 2. The molecule has 1 saturated carbocycles. The third-order valence-electron chi connectivity index (χ3n) is 4.00. The molecule has 1 rings (SSSR count). The van der Waals surface area contributed by atoms with Crippen LogP contribution in [0.15, 0.2) is 0 Å². The van der Waals surface area contributed by atoms with Crippen LogP contribution in [0.3, 0.4) is 0 Å². The predicted molar refractivity (Wildman–Crippen MR) is 83.8 cm³/mol. The van der Waals surface area contributed by atoms with E-state index in [0.717, 1.165) is 6.42 Å². The van der Waals surface area contributed by atoms with E-state index in [1.54, 1.807) is 0 Å². The number of ether oxygens (including phenoxy) is 1. The molecule has 2 unspecified atom stereocenters. The second-order valence-electron chi connectivity index (χ2n) is 7.45. The topological polar surface area (TPSA) is 55.4 Å². The normalized spacial score (nSPS) is 23.0. The fourth-order valence-electron chi connectivity index (χ4n) is 3.02. The number of hydrogen-bond acceptors (Lipinski definition) is 3. The van der Waals surface area contributed by atoms with Crippen molar-refractivity contribution in [1.29, 1.82) is 0 Å². The van der Waals surface area contributed by atoms with Gasteiger partial charge in [0.15, 0.2) is 0 Å². The first kappa shape index (κ1) is 18.0. The molecule has 1 amide bonds. The summed E-state index contributed by atoms with van der Waals surface area (Å²) in [6, 6.07) is 0.268. The van der Waals surface area contributed by atoms with Gasteiger partial charge in [-0.05, 0) is 45.4 Å². The third kappa shape index (κ3) is 6.96. The monoisotopic (exact) mass is 297 g/mol. The first-order valence-electron chi connectivity index (χ1n) is 8.20. The Balaban J connectivity index is 2.37. The highest BCUT2D eigenvalue weighted by Crippen LogP contribution is 2.30. The molecule has 1 N–H and O–H groups in total. The van der Waals surface area contributed by atoms with Crippen molar-refractivity contribution < 1.29 is 14.3 Å². The van der Waals surface area contributed by atoms with Crippen LogP contribution in [-0.4, -0.2) is 23.5 Å². The minimum Gasteiger partial charge on any atom is -0.460 e. The summed E-state index contributed by atoms with van der Waals surface area (Å²) in [6.45, 7) is 9.94. The number of hydrogen-bond donors (Lipinski definition) is 1. The van der Waals surface area contributed by atoms with Crippen LogP contribution >= 0.6 is 0 Å². The lowest BCUT2D eigenvalue weighted by atomic mass is 9.78. The zero-order valence-corrected chi connectivity index (χ0v) is 14.2. The molecule has 1 aliphatic rings. The molecule has 0 spiro atoms. The maximum atomic E-state index is 12.0. The molecule has 1 aliphatic carbocycles. The Hall–Kier alpha value is -1.06. The van der Waals surface area contributed by atoms with Crippen molar-refractivity contribution in [2.45, 2.75) is 84.8 Å². The molecule has 0 bridgehead atoms. The minimum atomic E-state index is -0.486. The maximum Gasteiger partial charge on any atom is 0.306 e. The average Bonchev–Trinajstić information content (AvgIpc) is 2.35. The van der Waals surface area contributed by atoms with Gasteiger partial charge in [0.2, 0.25) is 5.91 Å². The predicted octanol–water partition coefficient (Wildman–Crippen LogP) is 3.44. The summed E-state index contributed by atoms with van der Waals surface area (Å²) in [5.41, 5.74) is -0.486. The summed E-state index contributed by atoms with van der Waals surface area (Å²) in [7, 11) is 0. The van der Waals surface area contributed by atoms with E-state index in [-0.39, 0.29) is 30.8 Å². The first-order chi connectivity index (χ1) is 9.69. The summed E-state index contributed by atoms with van der Waals surface area (Å²) in [5.74, 6) is 0.811. The molecule has 4 heteroatoms. The summed E-state index contributed by atoms with van der Waals surface area (Å²) in [5, 5.41) is 3.12. The van der Waals surface area contributed by atoms with Crippen molar-refractivity contribution in [3.8, 4) is 0 Å². The maximum absolute atomic E-state index is 12.0. The number of nitrogens with one attached hydrogen (secondary N) is 1. The highest BCUT2D eigenvalue weighted by atomic mass is 16.6. The van der Waals surface area contributed by atoms with Crippen molar-refractivity contribution in [2.24, 2.45) is 11.8 Å². The molecule has 0 radical (unpaired) electrons. The van der Waals surface area contributed by atoms with E-state index < -0.39 is 5.60 Å². The Morgan fingerprint density at radius 1 is 1.14 bits per heavy atom. The van der Waals surface area contributed by atoms with Gasteiger partial charge in [0, 0.05) is 12.5 Å². The lowest BCUT2D eigenvalue weighted by Crippen LogP contribution is -2.44. The zero-order chi connectivity index (χ0) is 16.0. The summed E-state index contributed by atoms with van der Waals surface area (Å²) < 4.78 is 5.22. The smallest absolute Gasteiger partial charge is 0.306 e. The van der Waals surface area contributed by atoms with Gasteiger partial charge in [-0.1, -0.05) is 26.7 Å². The minimum absolute atomic E-state index is 0.0293. The molecule has 21 heavy (non-hydrogen) atoms. The molecule has 1 fully saturated rings. The Morgan fingerprint density at radius 3 is 2.33 bits per heavy atom. The van der Waals surface area contributed by atoms with E-state index >= 15 is 0 Å². The Morgan fingerprint density at radius 2 is 1.76 bits per heavy atom. The van der Waals surface area contributed by atoms with Crippen LogP contribution in [0.5, 0.6) is 0 Å². The second kappa shape index (κ2) is 7.81. The first-order valence-corrected chi connectivity index (χ1v) is 8.20. The van der Waals surface area contributed by atoms with Crippen LogP contribution in [-0.2, 0) is 14.3 Å². The third-order valence-corrected chi connectivity index (χ3v) is 4.00. The van der Waals surface area contributed by atoms with Crippen LogP contribution in [0.4, 0.5) is 0 Å². The van der Waals surface area contributed by atoms with E-state index in [9.17, 15) is 9.59 Å². The van der Waals surface area contributed by atoms with Crippen molar-refractivity contribution in [1.82, 2.24) is 5.32 Å². The molecule has 0 saturated heterocycles. The number of esters is 1. The van der Waals surface area contributed by atoms with E-state index in [1.165, 1.54) is 19.3 Å². The van der Waals surface area contributed by atoms with E-state index in [4.69, 9.17) is 4.74 Å². The molecule has 122 valence electrons. The van der Waals surface area contributed by atoms with Crippen LogP contribution < -0.4 is 5.32 Å². The van der Waals surface area contributed by atoms with Crippen LogP contribution in [0.2, 0.25) is 0 Å². The Labute approximate surface area is 129 Å². The molecule has 0 aliphatic heterocycles. The van der Waals surface area contributed by atoms with Crippen molar-refractivity contribution in [3.63, 3.8) is 0 Å². The number of rotatable bonds is 5. The van der Waals surface area contributed by atoms with E-state index in [1.807, 2.05) is 20.8 Å². The highest BCUT2D eigenvalue weighted by molar-refractivity contribution is 5.81. The fraction of sp³-hybridized carbons (Fsp3) is 0.882. The van der Waals surface area contributed by atoms with Gasteiger partial charge in [-0.3, -0.25) is 9.59 Å². The fourth-order valence-corrected chi connectivity index (χ4v) is 3.02. The number of carbonyl (C=O) groups excluding carboxylic acids is 2. The van der Waals surface area contributed by atoms with Crippen LogP contribution in [0, 0.1) is 11.8 Å². The van der Waals surface area contributed by atoms with Gasteiger partial charge in [0.1, 0.15) is 5.60 Å². The van der Waals surface area contributed by atoms with Crippen LogP contribution in [0.1, 0.15) is 73.1 Å². The quantitative estimate of drug-likeness (QED) is 0.791. The van der Waals surface area contributed by atoms with Crippen molar-refractivity contribution in [2.75, 3.05) is 0 Å². The van der Waals surface area contributed by atoms with Crippen LogP contribution in [0.25, 0.3) is 0 Å². The van der Waals surface area contributed by atoms with Gasteiger partial charge in [0.25, 0.3) is 0 Å². The Kier molecular flexibility index (Phi) is 6.69. The molecule has 4 nitrogen and oxygen atoms in total. The molecule has 0 aromatic carbocycles. The van der Waals surface area contributed by atoms with Gasteiger partial charge in [-0.25, -0.2) is 0 Å². The molecule has 0 aromatic heterocycles.